The predicted octanol–water partition coefficient (Wildman–Crippen LogP) is 2.63. The van der Waals surface area contributed by atoms with E-state index >= 15 is 0 Å². The molecule has 1 aliphatic heterocycles. The molecule has 1 aliphatic rings. The van der Waals surface area contributed by atoms with Gasteiger partial charge in [0.2, 0.25) is 0 Å². The molecule has 3 rings (SSSR count). The van der Waals surface area contributed by atoms with E-state index in [1.165, 1.54) is 0 Å². The van der Waals surface area contributed by atoms with Gasteiger partial charge in [0.05, 0.1) is 0 Å². The van der Waals surface area contributed by atoms with Crippen LogP contribution in [0.3, 0.4) is 0 Å². The molecule has 2 aromatic rings. The van der Waals surface area contributed by atoms with E-state index in [0.29, 0.717) is 11.1 Å². The van der Waals surface area contributed by atoms with Crippen molar-refractivity contribution in [2.24, 2.45) is 0 Å². The molecule has 0 spiro atoms. The average Bonchev–Trinajstić information content (AvgIpc) is 2.61. The maximum Gasteiger partial charge on any atom is 0.319 e. The lowest BCUT2D eigenvalue weighted by Crippen LogP contribution is -2.16. The van der Waals surface area contributed by atoms with E-state index < -0.39 is 11.8 Å². The zero-order chi connectivity index (χ0) is 12.8. The van der Waals surface area contributed by atoms with Crippen LogP contribution in [0.1, 0.15) is 23.9 Å². The first-order chi connectivity index (χ1) is 8.55. The Morgan fingerprint density at radius 1 is 1.28 bits per heavy atom. The van der Waals surface area contributed by atoms with Crippen LogP contribution < -0.4 is 5.32 Å². The number of alkyl halides is 2. The molecule has 0 unspecified atom stereocenters. The first-order valence-corrected chi connectivity index (χ1v) is 6.06. The van der Waals surface area contributed by atoms with Crippen LogP contribution in [0.4, 0.5) is 8.78 Å². The maximum atomic E-state index is 13.2. The van der Waals surface area contributed by atoms with E-state index in [9.17, 15) is 8.78 Å². The molecule has 96 valence electrons. The fourth-order valence-electron chi connectivity index (χ4n) is 2.34. The minimum absolute atomic E-state index is 0.497. The third-order valence-electron chi connectivity index (χ3n) is 3.26. The average molecular weight is 252 g/mol. The second-order valence-electron chi connectivity index (χ2n) is 4.71. The number of aromatic nitrogens is 1. The molecule has 1 aromatic heterocycles. The Morgan fingerprint density at radius 3 is 2.83 bits per heavy atom. The van der Waals surface area contributed by atoms with Gasteiger partial charge in [-0.05, 0) is 37.6 Å². The summed E-state index contributed by atoms with van der Waals surface area (Å²) in [6, 6.07) is 3.73. The molecular weight excluding hydrogens is 238 g/mol. The number of benzene rings is 1. The number of halogens is 2. The highest BCUT2D eigenvalue weighted by atomic mass is 19.3. The van der Waals surface area contributed by atoms with Gasteiger partial charge in [0, 0.05) is 12.5 Å². The summed E-state index contributed by atoms with van der Waals surface area (Å²) in [4.78, 5) is 3.89. The van der Waals surface area contributed by atoms with Gasteiger partial charge in [-0.3, -0.25) is 0 Å². The van der Waals surface area contributed by atoms with E-state index in [1.54, 1.807) is 6.07 Å². The molecule has 0 amide bonds. The van der Waals surface area contributed by atoms with Gasteiger partial charge in [-0.2, -0.15) is 8.78 Å². The van der Waals surface area contributed by atoms with Crippen molar-refractivity contribution in [1.29, 1.82) is 0 Å². The lowest BCUT2D eigenvalue weighted by molar-refractivity contribution is -0.00940. The van der Waals surface area contributed by atoms with Crippen LogP contribution in [0.25, 0.3) is 11.1 Å². The van der Waals surface area contributed by atoms with E-state index in [4.69, 9.17) is 4.42 Å². The molecule has 2 heterocycles. The second-order valence-corrected chi connectivity index (χ2v) is 4.71. The minimum atomic E-state index is -3.03. The number of rotatable bonds is 1. The van der Waals surface area contributed by atoms with Gasteiger partial charge in [-0.1, -0.05) is 6.07 Å². The molecule has 0 bridgehead atoms. The zero-order valence-corrected chi connectivity index (χ0v) is 10.1. The van der Waals surface area contributed by atoms with Crippen LogP contribution in [0, 0.1) is 0 Å². The molecule has 3 nitrogen and oxygen atoms in total. The summed E-state index contributed by atoms with van der Waals surface area (Å²) >= 11 is 0. The highest BCUT2D eigenvalue weighted by Crippen LogP contribution is 2.32. The van der Waals surface area contributed by atoms with Crippen molar-refractivity contribution in [2.75, 3.05) is 13.1 Å². The van der Waals surface area contributed by atoms with Crippen molar-refractivity contribution in [2.45, 2.75) is 25.7 Å². The fraction of sp³-hybridized carbons (Fsp3) is 0.462. The summed E-state index contributed by atoms with van der Waals surface area (Å²) in [5.41, 5.74) is 3.22. The van der Waals surface area contributed by atoms with E-state index in [1.807, 2.05) is 6.07 Å². The largest absolute Gasteiger partial charge is 0.435 e. The lowest BCUT2D eigenvalue weighted by Gasteiger charge is -2.04. The molecule has 18 heavy (non-hydrogen) atoms. The van der Waals surface area contributed by atoms with Crippen LogP contribution in [-0.4, -0.2) is 18.1 Å². The topological polar surface area (TPSA) is 38.1 Å². The summed E-state index contributed by atoms with van der Waals surface area (Å²) in [6.07, 6.45) is 1.68. The monoisotopic (exact) mass is 252 g/mol. The summed E-state index contributed by atoms with van der Waals surface area (Å²) in [6.45, 7) is 2.55. The quantitative estimate of drug-likeness (QED) is 0.847. The Kier molecular flexibility index (Phi) is 2.59. The van der Waals surface area contributed by atoms with E-state index in [0.717, 1.165) is 44.0 Å². The third kappa shape index (κ3) is 1.88. The zero-order valence-electron chi connectivity index (χ0n) is 10.1. The molecule has 0 radical (unpaired) electrons. The Labute approximate surface area is 103 Å². The first kappa shape index (κ1) is 11.6. The summed E-state index contributed by atoms with van der Waals surface area (Å²) in [5, 5.41) is 3.29. The number of nitrogens with one attached hydrogen (secondary N) is 1. The van der Waals surface area contributed by atoms with Gasteiger partial charge in [-0.15, -0.1) is 0 Å². The minimum Gasteiger partial charge on any atom is -0.435 e. The van der Waals surface area contributed by atoms with Gasteiger partial charge >= 0.3 is 5.92 Å². The molecule has 0 saturated heterocycles. The highest BCUT2D eigenvalue weighted by Gasteiger charge is 2.32. The first-order valence-electron chi connectivity index (χ1n) is 6.06. The molecule has 0 fully saturated rings. The smallest absolute Gasteiger partial charge is 0.319 e. The molecule has 1 N–H and O–H groups in total. The Hall–Kier alpha value is -1.49. The maximum absolute atomic E-state index is 13.2. The fourth-order valence-corrected chi connectivity index (χ4v) is 2.34. The molecular formula is C13H14F2N2O. The van der Waals surface area contributed by atoms with Crippen LogP contribution >= 0.6 is 0 Å². The van der Waals surface area contributed by atoms with Crippen molar-refractivity contribution in [3.63, 3.8) is 0 Å². The second kappa shape index (κ2) is 4.02. The number of oxazole rings is 1. The van der Waals surface area contributed by atoms with Crippen LogP contribution in [0.2, 0.25) is 0 Å². The van der Waals surface area contributed by atoms with Crippen molar-refractivity contribution < 1.29 is 13.2 Å². The Bertz CT molecular complexity index is 586. The Balaban J connectivity index is 2.19. The van der Waals surface area contributed by atoms with Crippen molar-refractivity contribution in [1.82, 2.24) is 10.3 Å². The van der Waals surface area contributed by atoms with Crippen molar-refractivity contribution in [3.8, 4) is 0 Å². The molecule has 0 aliphatic carbocycles. The number of hydrogen-bond acceptors (Lipinski definition) is 3. The van der Waals surface area contributed by atoms with E-state index in [2.05, 4.69) is 10.3 Å². The predicted molar refractivity (Wildman–Crippen MR) is 63.9 cm³/mol. The number of fused-ring (bicyclic) bond motifs is 3. The molecule has 5 heteroatoms. The number of nitrogens with zero attached hydrogens (tertiary/aromatic N) is 1. The van der Waals surface area contributed by atoms with Gasteiger partial charge in [0.15, 0.2) is 5.58 Å². The van der Waals surface area contributed by atoms with Crippen molar-refractivity contribution in [3.05, 3.63) is 29.2 Å². The highest BCUT2D eigenvalue weighted by molar-refractivity contribution is 5.78. The molecule has 1 aromatic carbocycles. The molecule has 0 atom stereocenters. The summed E-state index contributed by atoms with van der Waals surface area (Å²) in [5.74, 6) is -3.53. The van der Waals surface area contributed by atoms with Gasteiger partial charge in [0.25, 0.3) is 5.89 Å². The normalized spacial score (nSPS) is 16.6. The summed E-state index contributed by atoms with van der Waals surface area (Å²) in [7, 11) is 0. The van der Waals surface area contributed by atoms with Crippen LogP contribution in [0.15, 0.2) is 16.5 Å². The lowest BCUT2D eigenvalue weighted by atomic mass is 10.0. The van der Waals surface area contributed by atoms with E-state index in [-0.39, 0.29) is 0 Å². The van der Waals surface area contributed by atoms with Gasteiger partial charge in [0.1, 0.15) is 5.52 Å². The van der Waals surface area contributed by atoms with Crippen LogP contribution in [0.5, 0.6) is 0 Å². The van der Waals surface area contributed by atoms with Gasteiger partial charge in [-0.25, -0.2) is 4.98 Å². The van der Waals surface area contributed by atoms with Crippen molar-refractivity contribution >= 4 is 11.1 Å². The number of hydrogen-bond donors (Lipinski definition) is 1. The Morgan fingerprint density at radius 2 is 2.06 bits per heavy atom. The van der Waals surface area contributed by atoms with Crippen LogP contribution in [-0.2, 0) is 18.8 Å². The summed E-state index contributed by atoms with van der Waals surface area (Å²) < 4.78 is 31.8. The van der Waals surface area contributed by atoms with Gasteiger partial charge < -0.3 is 9.73 Å². The third-order valence-corrected chi connectivity index (χ3v) is 3.26. The molecule has 0 saturated carbocycles. The standard InChI is InChI=1S/C13H14F2N2O/c1-13(14,15)12-17-10-3-2-8-4-6-16-7-5-9(8)11(10)18-12/h2-3,16H,4-7H2,1H3. The SMILES string of the molecule is CC(F)(F)c1nc2ccc3c(c2o1)CCNCC3.